The van der Waals surface area contributed by atoms with Crippen LogP contribution in [0.5, 0.6) is 0 Å². The molecule has 1 amide bonds. The van der Waals surface area contributed by atoms with Crippen LogP contribution in [0.25, 0.3) is 0 Å². The summed E-state index contributed by atoms with van der Waals surface area (Å²) in [5.74, 6) is 0.275. The Hall–Kier alpha value is -1.36. The summed E-state index contributed by atoms with van der Waals surface area (Å²) in [6.07, 6.45) is 0.540. The molecule has 0 fully saturated rings. The van der Waals surface area contributed by atoms with Crippen LogP contribution < -0.4 is 16.8 Å². The first-order valence-electron chi connectivity index (χ1n) is 3.51. The van der Waals surface area contributed by atoms with Gasteiger partial charge >= 0.3 is 0 Å². The number of hydrogen-bond acceptors (Lipinski definition) is 3. The largest absolute Gasteiger partial charge is 0.385 e. The summed E-state index contributed by atoms with van der Waals surface area (Å²) in [5.41, 5.74) is 11.4. The van der Waals surface area contributed by atoms with Gasteiger partial charge in [-0.3, -0.25) is 4.79 Å². The number of rotatable bonds is 5. The number of amides is 1. The van der Waals surface area contributed by atoms with E-state index in [2.05, 4.69) is 16.9 Å². The van der Waals surface area contributed by atoms with Crippen molar-refractivity contribution in [3.8, 4) is 0 Å². The van der Waals surface area contributed by atoms with Gasteiger partial charge in [-0.05, 0) is 6.92 Å². The van der Waals surface area contributed by atoms with Crippen molar-refractivity contribution in [2.45, 2.75) is 13.0 Å². The fourth-order valence-electron chi connectivity index (χ4n) is 0.655. The van der Waals surface area contributed by atoms with E-state index in [1.54, 1.807) is 6.92 Å². The van der Waals surface area contributed by atoms with Crippen LogP contribution in [-0.4, -0.2) is 24.8 Å². The minimum absolute atomic E-state index is 0.224. The molecule has 12 heavy (non-hydrogen) atoms. The van der Waals surface area contributed by atoms with Crippen LogP contribution in [0.15, 0.2) is 17.3 Å². The second-order valence-electron chi connectivity index (χ2n) is 2.34. The maximum absolute atomic E-state index is 10.1. The highest BCUT2D eigenvalue weighted by Gasteiger charge is 2.08. The molecule has 0 heterocycles. The number of allylic oxidation sites excluding steroid dienone is 1. The predicted molar refractivity (Wildman–Crippen MR) is 48.5 cm³/mol. The van der Waals surface area contributed by atoms with Crippen molar-refractivity contribution in [1.29, 1.82) is 0 Å². The molecule has 0 aromatic rings. The van der Waals surface area contributed by atoms with E-state index in [1.807, 2.05) is 0 Å². The van der Waals surface area contributed by atoms with Gasteiger partial charge in [0.15, 0.2) is 0 Å². The van der Waals surface area contributed by atoms with Crippen molar-refractivity contribution < 1.29 is 4.79 Å². The molecule has 5 nitrogen and oxygen atoms in total. The van der Waals surface area contributed by atoms with Crippen LogP contribution in [0.4, 0.5) is 0 Å². The third kappa shape index (κ3) is 3.72. The van der Waals surface area contributed by atoms with Gasteiger partial charge in [-0.1, -0.05) is 6.58 Å². The van der Waals surface area contributed by atoms with E-state index in [4.69, 9.17) is 11.5 Å². The van der Waals surface area contributed by atoms with E-state index >= 15 is 0 Å². The second-order valence-corrected chi connectivity index (χ2v) is 2.34. The summed E-state index contributed by atoms with van der Waals surface area (Å²) in [7, 11) is 0. The fourth-order valence-corrected chi connectivity index (χ4v) is 0.655. The Kier molecular flexibility index (Phi) is 4.71. The summed E-state index contributed by atoms with van der Waals surface area (Å²) < 4.78 is 0. The molecule has 0 aliphatic carbocycles. The normalized spacial score (nSPS) is 13.7. The lowest BCUT2D eigenvalue weighted by Gasteiger charge is -2.12. The average molecular weight is 170 g/mol. The van der Waals surface area contributed by atoms with Crippen LogP contribution in [0.1, 0.15) is 6.92 Å². The van der Waals surface area contributed by atoms with Gasteiger partial charge < -0.3 is 16.8 Å². The molecule has 0 saturated carbocycles. The molecular weight excluding hydrogens is 156 g/mol. The van der Waals surface area contributed by atoms with Crippen molar-refractivity contribution >= 4 is 12.2 Å². The van der Waals surface area contributed by atoms with E-state index in [-0.39, 0.29) is 12.4 Å². The highest BCUT2D eigenvalue weighted by Crippen LogP contribution is 1.90. The molecule has 0 saturated heterocycles. The molecular formula is C7H14N4O. The number of nitrogens with zero attached hydrogens (tertiary/aromatic N) is 1. The van der Waals surface area contributed by atoms with Gasteiger partial charge in [-0.15, -0.1) is 0 Å². The minimum Gasteiger partial charge on any atom is -0.385 e. The Morgan fingerprint density at radius 2 is 2.42 bits per heavy atom. The molecule has 1 atom stereocenters. The van der Waals surface area contributed by atoms with E-state index in [0.717, 1.165) is 0 Å². The first kappa shape index (κ1) is 10.6. The summed E-state index contributed by atoms with van der Waals surface area (Å²) in [6, 6.07) is -0.404. The fraction of sp³-hybridized carbons (Fsp3) is 0.429. The molecule has 0 aromatic carbocycles. The lowest BCUT2D eigenvalue weighted by atomic mass is 10.3. The Labute approximate surface area is 71.5 Å². The van der Waals surface area contributed by atoms with Crippen molar-refractivity contribution in [2.24, 2.45) is 16.5 Å². The lowest BCUT2D eigenvalue weighted by molar-refractivity contribution is -0.109. The molecule has 0 radical (unpaired) electrons. The van der Waals surface area contributed by atoms with Crippen LogP contribution in [0.3, 0.4) is 0 Å². The Balaban J connectivity index is 4.28. The zero-order chi connectivity index (χ0) is 9.56. The topological polar surface area (TPSA) is 93.5 Å². The van der Waals surface area contributed by atoms with Crippen molar-refractivity contribution in [3.63, 3.8) is 0 Å². The highest BCUT2D eigenvalue weighted by atomic mass is 16.1. The van der Waals surface area contributed by atoms with Crippen LogP contribution in [-0.2, 0) is 4.79 Å². The molecule has 0 aliphatic heterocycles. The van der Waals surface area contributed by atoms with Gasteiger partial charge in [0.05, 0.1) is 6.04 Å². The predicted octanol–water partition coefficient (Wildman–Crippen LogP) is -1.05. The minimum atomic E-state index is -0.404. The molecule has 0 rings (SSSR count). The van der Waals surface area contributed by atoms with Gasteiger partial charge in [-0.25, -0.2) is 4.99 Å². The van der Waals surface area contributed by atoms with Crippen LogP contribution in [0.2, 0.25) is 0 Å². The Bertz CT molecular complexity index is 200. The standard InChI is InChI=1S/C7H14N4O/c1-5(2)11-7(9)6(3-8)10-4-12/h4,6H,1,3,8H2,2H3,(H2,9,11)(H,10,12). The number of nitrogens with one attached hydrogen (secondary N) is 1. The van der Waals surface area contributed by atoms with Crippen molar-refractivity contribution in [2.75, 3.05) is 6.54 Å². The molecule has 5 N–H and O–H groups in total. The van der Waals surface area contributed by atoms with Gasteiger partial charge in [0.1, 0.15) is 5.84 Å². The van der Waals surface area contributed by atoms with E-state index in [9.17, 15) is 4.79 Å². The number of amidine groups is 1. The van der Waals surface area contributed by atoms with Gasteiger partial charge in [0.25, 0.3) is 0 Å². The van der Waals surface area contributed by atoms with E-state index in [0.29, 0.717) is 12.1 Å². The third-order valence-electron chi connectivity index (χ3n) is 1.18. The smallest absolute Gasteiger partial charge is 0.207 e. The maximum Gasteiger partial charge on any atom is 0.207 e. The van der Waals surface area contributed by atoms with Crippen molar-refractivity contribution in [3.05, 3.63) is 12.3 Å². The first-order chi connectivity index (χ1) is 5.61. The zero-order valence-electron chi connectivity index (χ0n) is 7.08. The number of carbonyl (C=O) groups is 1. The molecule has 0 spiro atoms. The maximum atomic E-state index is 10.1. The summed E-state index contributed by atoms with van der Waals surface area (Å²) in [4.78, 5) is 13.9. The van der Waals surface area contributed by atoms with Crippen molar-refractivity contribution in [1.82, 2.24) is 5.32 Å². The summed E-state index contributed by atoms with van der Waals surface area (Å²) in [5, 5.41) is 2.43. The van der Waals surface area contributed by atoms with Crippen LogP contribution in [0, 0.1) is 0 Å². The summed E-state index contributed by atoms with van der Waals surface area (Å²) in [6.45, 7) is 5.48. The quantitative estimate of drug-likeness (QED) is 0.279. The monoisotopic (exact) mass is 170 g/mol. The molecule has 0 bridgehead atoms. The van der Waals surface area contributed by atoms with Gasteiger partial charge in [-0.2, -0.15) is 0 Å². The number of nitrogens with two attached hydrogens (primary N) is 2. The van der Waals surface area contributed by atoms with Crippen LogP contribution >= 0.6 is 0 Å². The second kappa shape index (κ2) is 5.31. The molecule has 0 aliphatic rings. The number of hydrogen-bond donors (Lipinski definition) is 3. The third-order valence-corrected chi connectivity index (χ3v) is 1.18. The molecule has 1 unspecified atom stereocenters. The number of carbonyl (C=O) groups excluding carboxylic acids is 1. The Morgan fingerprint density at radius 3 is 2.75 bits per heavy atom. The Morgan fingerprint density at radius 1 is 1.83 bits per heavy atom. The molecule has 0 aromatic heterocycles. The lowest BCUT2D eigenvalue weighted by Crippen LogP contribution is -2.46. The molecule has 68 valence electrons. The SMILES string of the molecule is C=C(C)N=C(N)C(CN)NC=O. The summed E-state index contributed by atoms with van der Waals surface area (Å²) >= 11 is 0. The van der Waals surface area contributed by atoms with Gasteiger partial charge in [0, 0.05) is 12.2 Å². The van der Waals surface area contributed by atoms with E-state index < -0.39 is 6.04 Å². The van der Waals surface area contributed by atoms with Gasteiger partial charge in [0.2, 0.25) is 6.41 Å². The average Bonchev–Trinajstić information content (AvgIpc) is 1.98. The molecule has 5 heteroatoms. The zero-order valence-corrected chi connectivity index (χ0v) is 7.08. The first-order valence-corrected chi connectivity index (χ1v) is 3.51. The van der Waals surface area contributed by atoms with E-state index in [1.165, 1.54) is 0 Å². The number of aliphatic imine (C=N–C) groups is 1. The highest BCUT2D eigenvalue weighted by molar-refractivity contribution is 5.88.